The number of benzene rings is 1. The van der Waals surface area contributed by atoms with Crippen molar-refractivity contribution >= 4 is 28.9 Å². The summed E-state index contributed by atoms with van der Waals surface area (Å²) in [4.78, 5) is 44.3. The van der Waals surface area contributed by atoms with E-state index in [9.17, 15) is 29.8 Å². The van der Waals surface area contributed by atoms with Crippen molar-refractivity contribution < 1.29 is 28.9 Å². The van der Waals surface area contributed by atoms with E-state index in [0.29, 0.717) is 0 Å². The fourth-order valence-electron chi connectivity index (χ4n) is 2.46. The number of nitro benzene ring substituents is 2. The molecule has 1 atom stereocenters. The van der Waals surface area contributed by atoms with Crippen LogP contribution in [0.3, 0.4) is 0 Å². The molecule has 23 heavy (non-hydrogen) atoms. The van der Waals surface area contributed by atoms with E-state index in [1.165, 1.54) is 0 Å². The van der Waals surface area contributed by atoms with E-state index in [0.717, 1.165) is 20.3 Å². The molecule has 1 aromatic carbocycles. The molecule has 1 unspecified atom stereocenters. The third kappa shape index (κ3) is 2.63. The van der Waals surface area contributed by atoms with Crippen molar-refractivity contribution in [3.05, 3.63) is 31.9 Å². The summed E-state index contributed by atoms with van der Waals surface area (Å²) in [5, 5.41) is 24.8. The van der Waals surface area contributed by atoms with Gasteiger partial charge in [-0.1, -0.05) is 0 Å². The molecule has 0 radical (unpaired) electrons. The summed E-state index contributed by atoms with van der Waals surface area (Å²) in [6, 6.07) is 0.925. The van der Waals surface area contributed by atoms with E-state index in [-0.39, 0.29) is 17.7 Å². The van der Waals surface area contributed by atoms with Crippen LogP contribution in [0.2, 0.25) is 0 Å². The highest BCUT2D eigenvalue weighted by atomic mass is 16.6. The monoisotopic (exact) mass is 325 g/mol. The van der Waals surface area contributed by atoms with E-state index >= 15 is 0 Å². The lowest BCUT2D eigenvalue weighted by molar-refractivity contribution is -0.396. The predicted molar refractivity (Wildman–Crippen MR) is 74.3 cm³/mol. The molecule has 1 heterocycles. The summed E-state index contributed by atoms with van der Waals surface area (Å²) >= 11 is 0. The van der Waals surface area contributed by atoms with Crippen molar-refractivity contribution in [3.63, 3.8) is 0 Å². The number of nitrogens with zero attached hydrogens (tertiary/aromatic N) is 2. The van der Waals surface area contributed by atoms with E-state index in [2.05, 4.69) is 10.1 Å². The summed E-state index contributed by atoms with van der Waals surface area (Å²) < 4.78 is 9.37. The van der Waals surface area contributed by atoms with E-state index in [4.69, 9.17) is 4.74 Å². The average Bonchev–Trinajstić information content (AvgIpc) is 2.50. The fourth-order valence-corrected chi connectivity index (χ4v) is 2.46. The highest BCUT2D eigenvalue weighted by molar-refractivity contribution is 6.02. The second kappa shape index (κ2) is 5.87. The molecule has 0 fully saturated rings. The van der Waals surface area contributed by atoms with Crippen LogP contribution in [0.5, 0.6) is 5.75 Å². The van der Waals surface area contributed by atoms with E-state index in [1.54, 1.807) is 0 Å². The Hall–Kier alpha value is -3.24. The van der Waals surface area contributed by atoms with Gasteiger partial charge in [-0.3, -0.25) is 29.8 Å². The Bertz CT molecular complexity index is 730. The number of hydrogen-bond donors (Lipinski definition) is 1. The molecule has 1 N–H and O–H groups in total. The topological polar surface area (TPSA) is 151 Å². The molecule has 2 rings (SSSR count). The van der Waals surface area contributed by atoms with Crippen molar-refractivity contribution in [2.24, 2.45) is 0 Å². The summed E-state index contributed by atoms with van der Waals surface area (Å²) in [7, 11) is 2.11. The number of fused-ring (bicyclic) bond motifs is 1. The molecular formula is C12H11N3O8. The minimum Gasteiger partial charge on any atom is -0.485 e. The lowest BCUT2D eigenvalue weighted by Crippen LogP contribution is -2.29. The first-order valence-corrected chi connectivity index (χ1v) is 6.23. The molecule has 0 spiro atoms. The summed E-state index contributed by atoms with van der Waals surface area (Å²) in [5.74, 6) is -3.32. The zero-order valence-corrected chi connectivity index (χ0v) is 12.0. The molecule has 122 valence electrons. The zero-order chi connectivity index (χ0) is 17.3. The molecule has 11 heteroatoms. The van der Waals surface area contributed by atoms with Crippen molar-refractivity contribution in [3.8, 4) is 5.75 Å². The predicted octanol–water partition coefficient (Wildman–Crippen LogP) is 1.11. The van der Waals surface area contributed by atoms with Crippen molar-refractivity contribution in [1.29, 1.82) is 0 Å². The number of nitro groups is 2. The Morgan fingerprint density at radius 3 is 2.43 bits per heavy atom. The summed E-state index contributed by atoms with van der Waals surface area (Å²) in [6.07, 6.45) is -0.374. The van der Waals surface area contributed by atoms with E-state index < -0.39 is 44.8 Å². The average molecular weight is 325 g/mol. The van der Waals surface area contributed by atoms with Crippen LogP contribution in [0, 0.1) is 20.2 Å². The second-order valence-electron chi connectivity index (χ2n) is 4.58. The summed E-state index contributed by atoms with van der Waals surface area (Å²) in [6.45, 7) is 0. The smallest absolute Gasteiger partial charge is 0.324 e. The Kier molecular flexibility index (Phi) is 4.12. The maximum atomic E-state index is 11.9. The van der Waals surface area contributed by atoms with Gasteiger partial charge in [0.25, 0.3) is 5.75 Å². The number of hydrogen-bond acceptors (Lipinski definition) is 8. The van der Waals surface area contributed by atoms with Gasteiger partial charge < -0.3 is 14.8 Å². The van der Waals surface area contributed by atoms with Crippen LogP contribution in [0.15, 0.2) is 6.07 Å². The lowest BCUT2D eigenvalue weighted by Gasteiger charge is -2.24. The first-order chi connectivity index (χ1) is 10.8. The van der Waals surface area contributed by atoms with E-state index in [1.807, 2.05) is 0 Å². The Morgan fingerprint density at radius 2 is 1.96 bits per heavy atom. The van der Waals surface area contributed by atoms with Crippen molar-refractivity contribution in [2.45, 2.75) is 12.3 Å². The Labute approximate surface area is 128 Å². The second-order valence-corrected chi connectivity index (χ2v) is 4.58. The number of amides is 1. The molecule has 0 aliphatic carbocycles. The van der Waals surface area contributed by atoms with Crippen LogP contribution in [0.25, 0.3) is 0 Å². The van der Waals surface area contributed by atoms with Crippen LogP contribution in [-0.4, -0.2) is 35.9 Å². The number of rotatable bonds is 4. The number of carbonyl (C=O) groups excluding carboxylic acids is 2. The van der Waals surface area contributed by atoms with Crippen molar-refractivity contribution in [2.75, 3.05) is 19.5 Å². The number of anilines is 1. The quantitative estimate of drug-likeness (QED) is 0.491. The number of esters is 1. The highest BCUT2D eigenvalue weighted by Gasteiger charge is 2.43. The van der Waals surface area contributed by atoms with Gasteiger partial charge in [-0.15, -0.1) is 0 Å². The first-order valence-electron chi connectivity index (χ1n) is 6.23. The van der Waals surface area contributed by atoms with Gasteiger partial charge in [0.15, 0.2) is 0 Å². The summed E-state index contributed by atoms with van der Waals surface area (Å²) in [5.41, 5.74) is -1.80. The third-order valence-corrected chi connectivity index (χ3v) is 3.36. The molecule has 1 aliphatic heterocycles. The molecular weight excluding hydrogens is 314 g/mol. The van der Waals surface area contributed by atoms with Crippen LogP contribution in [-0.2, 0) is 14.3 Å². The third-order valence-electron chi connectivity index (χ3n) is 3.36. The maximum absolute atomic E-state index is 11.9. The van der Waals surface area contributed by atoms with Gasteiger partial charge in [0.05, 0.1) is 41.2 Å². The van der Waals surface area contributed by atoms with Crippen molar-refractivity contribution in [1.82, 2.24) is 0 Å². The van der Waals surface area contributed by atoms with Gasteiger partial charge in [-0.05, 0) is 0 Å². The highest BCUT2D eigenvalue weighted by Crippen LogP contribution is 2.49. The first kappa shape index (κ1) is 16.1. The number of carbonyl (C=O) groups is 2. The number of nitrogens with one attached hydrogen (secondary N) is 1. The van der Waals surface area contributed by atoms with Crippen LogP contribution >= 0.6 is 0 Å². The van der Waals surface area contributed by atoms with Crippen LogP contribution in [0.4, 0.5) is 17.1 Å². The molecule has 0 saturated heterocycles. The molecule has 0 bridgehead atoms. The number of ether oxygens (including phenoxy) is 2. The molecule has 1 aliphatic rings. The van der Waals surface area contributed by atoms with Gasteiger partial charge in [-0.2, -0.15) is 0 Å². The Morgan fingerprint density at radius 1 is 1.30 bits per heavy atom. The van der Waals surface area contributed by atoms with Gasteiger partial charge in [0.1, 0.15) is 0 Å². The standard InChI is InChI=1S/C12H11N3O8/c1-22-11-7(14(18)19)4-6-9(10(11)15(20)21)5(12(17)23-2)3-8(16)13-6/h4-5H,3H2,1-2H3,(H,13,16). The maximum Gasteiger partial charge on any atom is 0.324 e. The molecule has 11 nitrogen and oxygen atoms in total. The van der Waals surface area contributed by atoms with Gasteiger partial charge in [0, 0.05) is 12.5 Å². The normalized spacial score (nSPS) is 16.1. The van der Waals surface area contributed by atoms with Crippen LogP contribution in [0.1, 0.15) is 17.9 Å². The molecule has 1 aromatic rings. The minimum atomic E-state index is -1.25. The zero-order valence-electron chi connectivity index (χ0n) is 12.0. The fraction of sp³-hybridized carbons (Fsp3) is 0.333. The molecule has 1 amide bonds. The SMILES string of the molecule is COC(=O)C1CC(=O)Nc2cc([N+](=O)[O-])c(OC)c([N+](=O)[O-])c21. The number of methoxy groups -OCH3 is 2. The van der Waals surface area contributed by atoms with Gasteiger partial charge in [-0.25, -0.2) is 0 Å². The molecule has 0 aromatic heterocycles. The lowest BCUT2D eigenvalue weighted by atomic mass is 9.88. The largest absolute Gasteiger partial charge is 0.485 e. The van der Waals surface area contributed by atoms with Crippen LogP contribution < -0.4 is 10.1 Å². The Balaban J connectivity index is 2.86. The van der Waals surface area contributed by atoms with Gasteiger partial charge >= 0.3 is 17.3 Å². The van der Waals surface area contributed by atoms with Gasteiger partial charge in [0.2, 0.25) is 5.91 Å². The minimum absolute atomic E-state index is 0.177. The molecule has 0 saturated carbocycles.